The summed E-state index contributed by atoms with van der Waals surface area (Å²) >= 11 is 0. The molecule has 0 unspecified atom stereocenters. The smallest absolute Gasteiger partial charge is 0.269 e. The summed E-state index contributed by atoms with van der Waals surface area (Å²) in [6, 6.07) is 0. The second-order valence-corrected chi connectivity index (χ2v) is 3.32. The van der Waals surface area contributed by atoms with E-state index in [2.05, 4.69) is 16.9 Å². The average molecular weight is 204 g/mol. The van der Waals surface area contributed by atoms with E-state index in [1.165, 1.54) is 0 Å². The molecule has 0 aliphatic rings. The van der Waals surface area contributed by atoms with E-state index in [1.54, 1.807) is 18.6 Å². The highest BCUT2D eigenvalue weighted by Gasteiger charge is 2.13. The average Bonchev–Trinajstić information content (AvgIpc) is 2.59. The van der Waals surface area contributed by atoms with Gasteiger partial charge >= 0.3 is 0 Å². The molecule has 2 rings (SSSR count). The molecular formula is C10H12N4O. The summed E-state index contributed by atoms with van der Waals surface area (Å²) in [5, 5.41) is 0. The summed E-state index contributed by atoms with van der Waals surface area (Å²) in [6.45, 7) is 2.06. The van der Waals surface area contributed by atoms with Crippen LogP contribution >= 0.6 is 0 Å². The molecule has 0 fully saturated rings. The lowest BCUT2D eigenvalue weighted by Gasteiger charge is -1.96. The second-order valence-electron chi connectivity index (χ2n) is 3.32. The number of nitrogens with zero attached hydrogens (tertiary/aromatic N) is 3. The molecule has 0 saturated carbocycles. The van der Waals surface area contributed by atoms with Crippen molar-refractivity contribution in [2.24, 2.45) is 5.73 Å². The molecule has 0 aliphatic heterocycles. The van der Waals surface area contributed by atoms with Crippen LogP contribution in [0.4, 0.5) is 0 Å². The summed E-state index contributed by atoms with van der Waals surface area (Å²) in [5.74, 6) is 0.339. The number of aryl methyl sites for hydroxylation is 1. The molecule has 0 saturated heterocycles. The minimum absolute atomic E-state index is 0.298. The number of fused-ring (bicyclic) bond motifs is 1. The number of hydrogen-bond donors (Lipinski definition) is 1. The van der Waals surface area contributed by atoms with Gasteiger partial charge in [-0.3, -0.25) is 14.2 Å². The Morgan fingerprint density at radius 3 is 3.07 bits per heavy atom. The first-order valence-corrected chi connectivity index (χ1v) is 4.84. The van der Waals surface area contributed by atoms with E-state index < -0.39 is 5.91 Å². The van der Waals surface area contributed by atoms with Crippen LogP contribution in [-0.2, 0) is 6.42 Å². The summed E-state index contributed by atoms with van der Waals surface area (Å²) in [5.41, 5.74) is 6.22. The van der Waals surface area contributed by atoms with Crippen LogP contribution in [0.1, 0.15) is 29.7 Å². The molecule has 0 spiro atoms. The maximum absolute atomic E-state index is 11.2. The first-order chi connectivity index (χ1) is 7.24. The van der Waals surface area contributed by atoms with Gasteiger partial charge in [0.2, 0.25) is 0 Å². The van der Waals surface area contributed by atoms with Crippen molar-refractivity contribution in [3.8, 4) is 0 Å². The Morgan fingerprint density at radius 1 is 1.60 bits per heavy atom. The highest BCUT2D eigenvalue weighted by Crippen LogP contribution is 2.12. The number of hydrogen-bond acceptors (Lipinski definition) is 3. The molecule has 5 nitrogen and oxygen atoms in total. The van der Waals surface area contributed by atoms with Gasteiger partial charge in [-0.05, 0) is 6.42 Å². The third kappa shape index (κ3) is 1.56. The molecule has 1 amide bonds. The third-order valence-corrected chi connectivity index (χ3v) is 2.23. The van der Waals surface area contributed by atoms with Crippen LogP contribution in [0.5, 0.6) is 0 Å². The maximum atomic E-state index is 11.2. The number of amides is 1. The van der Waals surface area contributed by atoms with E-state index >= 15 is 0 Å². The van der Waals surface area contributed by atoms with Gasteiger partial charge in [-0.25, -0.2) is 4.98 Å². The molecule has 15 heavy (non-hydrogen) atoms. The Morgan fingerprint density at radius 2 is 2.40 bits per heavy atom. The quantitative estimate of drug-likeness (QED) is 0.802. The number of aromatic nitrogens is 3. The van der Waals surface area contributed by atoms with Gasteiger partial charge in [-0.15, -0.1) is 0 Å². The molecule has 0 radical (unpaired) electrons. The van der Waals surface area contributed by atoms with Crippen LogP contribution < -0.4 is 5.73 Å². The van der Waals surface area contributed by atoms with Gasteiger partial charge in [0.05, 0.1) is 11.7 Å². The minimum atomic E-state index is -0.511. The van der Waals surface area contributed by atoms with Crippen molar-refractivity contribution >= 4 is 11.4 Å². The zero-order chi connectivity index (χ0) is 10.8. The molecule has 0 aromatic carbocycles. The molecule has 2 aromatic rings. The van der Waals surface area contributed by atoms with E-state index in [1.807, 2.05) is 4.40 Å². The lowest BCUT2D eigenvalue weighted by atomic mass is 10.3. The molecule has 2 heterocycles. The number of nitrogens with two attached hydrogens (primary N) is 1. The van der Waals surface area contributed by atoms with E-state index in [0.29, 0.717) is 11.2 Å². The zero-order valence-corrected chi connectivity index (χ0v) is 8.47. The lowest BCUT2D eigenvalue weighted by Crippen LogP contribution is -2.11. The highest BCUT2D eigenvalue weighted by atomic mass is 16.1. The second kappa shape index (κ2) is 3.68. The largest absolute Gasteiger partial charge is 0.364 e. The molecule has 5 heteroatoms. The minimum Gasteiger partial charge on any atom is -0.364 e. The highest BCUT2D eigenvalue weighted by molar-refractivity contribution is 5.97. The molecule has 2 N–H and O–H groups in total. The van der Waals surface area contributed by atoms with Gasteiger partial charge in [0.1, 0.15) is 5.82 Å². The Hall–Kier alpha value is -1.91. The molecule has 0 aliphatic carbocycles. The maximum Gasteiger partial charge on any atom is 0.269 e. The Kier molecular flexibility index (Phi) is 2.37. The van der Waals surface area contributed by atoms with Crippen molar-refractivity contribution in [3.05, 3.63) is 30.1 Å². The van der Waals surface area contributed by atoms with Crippen LogP contribution in [0, 0.1) is 0 Å². The Bertz CT molecular complexity index is 503. The van der Waals surface area contributed by atoms with Gasteiger partial charge in [0, 0.05) is 18.8 Å². The number of imidazole rings is 1. The van der Waals surface area contributed by atoms with E-state index in [0.717, 1.165) is 18.7 Å². The third-order valence-electron chi connectivity index (χ3n) is 2.23. The van der Waals surface area contributed by atoms with Crippen molar-refractivity contribution in [3.63, 3.8) is 0 Å². The molecule has 0 bridgehead atoms. The van der Waals surface area contributed by atoms with Crippen molar-refractivity contribution in [2.45, 2.75) is 19.8 Å². The van der Waals surface area contributed by atoms with E-state index in [9.17, 15) is 4.79 Å². The number of rotatable bonds is 3. The SMILES string of the molecule is CCCc1nc(C(N)=O)c2cnccn12. The van der Waals surface area contributed by atoms with Gasteiger partial charge in [-0.2, -0.15) is 0 Å². The first kappa shape index (κ1) is 9.64. The van der Waals surface area contributed by atoms with Crippen molar-refractivity contribution in [2.75, 3.05) is 0 Å². The van der Waals surface area contributed by atoms with Gasteiger partial charge in [-0.1, -0.05) is 6.92 Å². The first-order valence-electron chi connectivity index (χ1n) is 4.84. The van der Waals surface area contributed by atoms with E-state index in [-0.39, 0.29) is 0 Å². The zero-order valence-electron chi connectivity index (χ0n) is 8.47. The van der Waals surface area contributed by atoms with Crippen molar-refractivity contribution in [1.29, 1.82) is 0 Å². The normalized spacial score (nSPS) is 10.7. The summed E-state index contributed by atoms with van der Waals surface area (Å²) in [6.07, 6.45) is 6.85. The fourth-order valence-electron chi connectivity index (χ4n) is 1.58. The van der Waals surface area contributed by atoms with Gasteiger partial charge in [0.25, 0.3) is 5.91 Å². The molecular weight excluding hydrogens is 192 g/mol. The Labute approximate surface area is 87.0 Å². The van der Waals surface area contributed by atoms with Crippen molar-refractivity contribution in [1.82, 2.24) is 14.4 Å². The van der Waals surface area contributed by atoms with Crippen LogP contribution in [-0.4, -0.2) is 20.3 Å². The molecule has 2 aromatic heterocycles. The summed E-state index contributed by atoms with van der Waals surface area (Å²) < 4.78 is 1.86. The summed E-state index contributed by atoms with van der Waals surface area (Å²) in [4.78, 5) is 19.3. The monoisotopic (exact) mass is 204 g/mol. The number of primary amides is 1. The summed E-state index contributed by atoms with van der Waals surface area (Å²) in [7, 11) is 0. The molecule has 78 valence electrons. The van der Waals surface area contributed by atoms with E-state index in [4.69, 9.17) is 5.73 Å². The van der Waals surface area contributed by atoms with Crippen LogP contribution in [0.15, 0.2) is 18.6 Å². The van der Waals surface area contributed by atoms with Gasteiger partial charge < -0.3 is 5.73 Å². The fraction of sp³-hybridized carbons (Fsp3) is 0.300. The number of carbonyl (C=O) groups is 1. The van der Waals surface area contributed by atoms with Crippen molar-refractivity contribution < 1.29 is 4.79 Å². The Balaban J connectivity index is 2.67. The van der Waals surface area contributed by atoms with Crippen LogP contribution in [0.2, 0.25) is 0 Å². The standard InChI is InChI=1S/C10H12N4O/c1-2-3-8-13-9(10(11)15)7-6-12-4-5-14(7)8/h4-6H,2-3H2,1H3,(H2,11,15). The number of carbonyl (C=O) groups excluding carboxylic acids is 1. The topological polar surface area (TPSA) is 73.3 Å². The predicted octanol–water partition coefficient (Wildman–Crippen LogP) is 0.781. The van der Waals surface area contributed by atoms with Crippen LogP contribution in [0.3, 0.4) is 0 Å². The lowest BCUT2D eigenvalue weighted by molar-refractivity contribution is 0.0997. The fourth-order valence-corrected chi connectivity index (χ4v) is 1.58. The van der Waals surface area contributed by atoms with Crippen LogP contribution in [0.25, 0.3) is 5.52 Å². The molecule has 0 atom stereocenters. The predicted molar refractivity (Wildman–Crippen MR) is 55.5 cm³/mol. The van der Waals surface area contributed by atoms with Gasteiger partial charge in [0.15, 0.2) is 5.69 Å².